The Morgan fingerprint density at radius 3 is 2.61 bits per heavy atom. The summed E-state index contributed by atoms with van der Waals surface area (Å²) in [5.41, 5.74) is 11.6. The Balaban J connectivity index is 1.06. The van der Waals surface area contributed by atoms with Gasteiger partial charge in [-0.2, -0.15) is 10.1 Å². The predicted octanol–water partition coefficient (Wildman–Crippen LogP) is 4.11. The summed E-state index contributed by atoms with van der Waals surface area (Å²) in [6.07, 6.45) is 7.49. The van der Waals surface area contributed by atoms with Crippen molar-refractivity contribution in [2.45, 2.75) is 62.5 Å². The van der Waals surface area contributed by atoms with Crippen molar-refractivity contribution in [3.8, 4) is 5.75 Å². The molecule has 2 aromatic heterocycles. The van der Waals surface area contributed by atoms with Crippen LogP contribution in [0.15, 0.2) is 53.3 Å². The van der Waals surface area contributed by atoms with Crippen LogP contribution in [0.5, 0.6) is 5.75 Å². The molecule has 2 saturated carbocycles. The van der Waals surface area contributed by atoms with Crippen molar-refractivity contribution < 1.29 is 4.74 Å². The third-order valence-electron chi connectivity index (χ3n) is 9.49. The quantitative estimate of drug-likeness (QED) is 0.374. The summed E-state index contributed by atoms with van der Waals surface area (Å²) in [4.78, 5) is 23.6. The first-order valence-corrected chi connectivity index (χ1v) is 13.9. The Kier molecular flexibility index (Phi) is 4.66. The highest BCUT2D eigenvalue weighted by atomic mass is 16.5. The van der Waals surface area contributed by atoms with E-state index in [1.165, 1.54) is 11.1 Å². The van der Waals surface area contributed by atoms with Crippen molar-refractivity contribution in [2.24, 2.45) is 11.1 Å². The van der Waals surface area contributed by atoms with Crippen LogP contribution < -0.4 is 20.9 Å². The average molecular weight is 509 g/mol. The first-order valence-electron chi connectivity index (χ1n) is 13.9. The van der Waals surface area contributed by atoms with Crippen molar-refractivity contribution >= 4 is 17.0 Å². The highest BCUT2D eigenvalue weighted by Gasteiger charge is 2.50. The number of nitrogens with zero attached hydrogens (tertiary/aromatic N) is 3. The maximum Gasteiger partial charge on any atom is 0.263 e. The van der Waals surface area contributed by atoms with Gasteiger partial charge in [0.15, 0.2) is 5.65 Å². The summed E-state index contributed by atoms with van der Waals surface area (Å²) in [6.45, 7) is 1.63. The third kappa shape index (κ3) is 3.35. The van der Waals surface area contributed by atoms with E-state index in [1.807, 2.05) is 12.1 Å². The highest BCUT2D eigenvalue weighted by molar-refractivity contribution is 5.80. The number of anilines is 1. The zero-order valence-corrected chi connectivity index (χ0v) is 21.4. The Morgan fingerprint density at radius 1 is 1.03 bits per heavy atom. The van der Waals surface area contributed by atoms with Gasteiger partial charge in [0.05, 0.1) is 11.8 Å². The summed E-state index contributed by atoms with van der Waals surface area (Å²) in [6, 6.07) is 16.9. The van der Waals surface area contributed by atoms with Crippen molar-refractivity contribution in [3.05, 3.63) is 81.3 Å². The molecule has 194 valence electrons. The standard InChI is InChI=1S/C30H32N6O2/c31-24-22-7-2-1-4-18(22)17-29(24)12-14-36(15-13-29)28-32-26-23(27(37)33-28)25(34-35-26)30(10-11-30)19-5-3-6-21(16-19)38-20-8-9-20/h1-7,16,20,24H,8-15,17,31H2,(H2,32,33,34,35,37)/t24-/m1/s1. The van der Waals surface area contributed by atoms with E-state index >= 15 is 0 Å². The number of H-pyrrole nitrogens is 2. The minimum atomic E-state index is -0.261. The molecular weight excluding hydrogens is 476 g/mol. The number of fused-ring (bicyclic) bond motifs is 2. The number of benzene rings is 2. The third-order valence-corrected chi connectivity index (χ3v) is 9.49. The van der Waals surface area contributed by atoms with Gasteiger partial charge >= 0.3 is 0 Å². The molecule has 1 atom stereocenters. The number of nitrogens with one attached hydrogen (secondary N) is 2. The topological polar surface area (TPSA) is 113 Å². The van der Waals surface area contributed by atoms with Gasteiger partial charge in [-0.25, -0.2) is 0 Å². The predicted molar refractivity (Wildman–Crippen MR) is 146 cm³/mol. The van der Waals surface area contributed by atoms with E-state index in [0.29, 0.717) is 23.1 Å². The molecule has 3 aliphatic carbocycles. The second kappa shape index (κ2) is 7.93. The molecule has 8 nitrogen and oxygen atoms in total. The molecule has 38 heavy (non-hydrogen) atoms. The van der Waals surface area contributed by atoms with E-state index in [9.17, 15) is 4.79 Å². The number of hydrogen-bond donors (Lipinski definition) is 3. The fourth-order valence-corrected chi connectivity index (χ4v) is 6.92. The fourth-order valence-electron chi connectivity index (χ4n) is 6.92. The molecule has 4 aliphatic rings. The van der Waals surface area contributed by atoms with Crippen LogP contribution in [0.2, 0.25) is 0 Å². The van der Waals surface area contributed by atoms with E-state index in [0.717, 1.165) is 75.0 Å². The molecule has 1 aliphatic heterocycles. The van der Waals surface area contributed by atoms with E-state index in [1.54, 1.807) is 0 Å². The van der Waals surface area contributed by atoms with E-state index in [4.69, 9.17) is 15.5 Å². The minimum absolute atomic E-state index is 0.0633. The van der Waals surface area contributed by atoms with Gasteiger partial charge in [-0.3, -0.25) is 14.9 Å². The number of aromatic amines is 2. The van der Waals surface area contributed by atoms with Gasteiger partial charge in [0.25, 0.3) is 5.56 Å². The molecule has 4 N–H and O–H groups in total. The number of rotatable bonds is 5. The van der Waals surface area contributed by atoms with E-state index in [2.05, 4.69) is 56.5 Å². The Bertz CT molecular complexity index is 1610. The summed E-state index contributed by atoms with van der Waals surface area (Å²) in [7, 11) is 0. The van der Waals surface area contributed by atoms with Crippen molar-refractivity contribution in [1.82, 2.24) is 20.2 Å². The maximum absolute atomic E-state index is 13.5. The molecular formula is C30H32N6O2. The van der Waals surface area contributed by atoms with Gasteiger partial charge in [0.1, 0.15) is 11.1 Å². The molecule has 3 heterocycles. The minimum Gasteiger partial charge on any atom is -0.490 e. The number of piperidine rings is 1. The lowest BCUT2D eigenvalue weighted by molar-refractivity contribution is 0.187. The number of ether oxygens (including phenoxy) is 1. The van der Waals surface area contributed by atoms with Crippen molar-refractivity contribution in [2.75, 3.05) is 18.0 Å². The van der Waals surface area contributed by atoms with Gasteiger partial charge in [0.2, 0.25) is 5.95 Å². The Hall–Kier alpha value is -3.65. The van der Waals surface area contributed by atoms with Crippen molar-refractivity contribution in [3.63, 3.8) is 0 Å². The van der Waals surface area contributed by atoms with Gasteiger partial charge < -0.3 is 15.4 Å². The van der Waals surface area contributed by atoms with Crippen LogP contribution in [0, 0.1) is 5.41 Å². The molecule has 3 fully saturated rings. The largest absolute Gasteiger partial charge is 0.490 e. The molecule has 8 rings (SSSR count). The lowest BCUT2D eigenvalue weighted by Crippen LogP contribution is -2.45. The van der Waals surface area contributed by atoms with Crippen LogP contribution in [0.1, 0.15) is 67.0 Å². The molecule has 0 bridgehead atoms. The molecule has 2 aromatic carbocycles. The first kappa shape index (κ1) is 22.3. The van der Waals surface area contributed by atoms with Crippen molar-refractivity contribution in [1.29, 1.82) is 0 Å². The fraction of sp³-hybridized carbons (Fsp3) is 0.433. The molecule has 8 heteroatoms. The zero-order chi connectivity index (χ0) is 25.5. The zero-order valence-electron chi connectivity index (χ0n) is 21.4. The van der Waals surface area contributed by atoms with Crippen LogP contribution in [0.4, 0.5) is 5.95 Å². The second-order valence-corrected chi connectivity index (χ2v) is 11.8. The molecule has 4 aromatic rings. The van der Waals surface area contributed by atoms with Gasteiger partial charge in [-0.05, 0) is 79.2 Å². The molecule has 0 amide bonds. The van der Waals surface area contributed by atoms with Crippen LogP contribution in [-0.4, -0.2) is 39.4 Å². The smallest absolute Gasteiger partial charge is 0.263 e. The Morgan fingerprint density at radius 2 is 1.84 bits per heavy atom. The first-order chi connectivity index (χ1) is 18.5. The summed E-state index contributed by atoms with van der Waals surface area (Å²) >= 11 is 0. The number of hydrogen-bond acceptors (Lipinski definition) is 6. The average Bonchev–Trinajstić information content (AvgIpc) is 3.86. The monoisotopic (exact) mass is 508 g/mol. The van der Waals surface area contributed by atoms with Crippen LogP contribution in [-0.2, 0) is 11.8 Å². The lowest BCUT2D eigenvalue weighted by atomic mass is 9.73. The molecule has 1 saturated heterocycles. The molecule has 0 unspecified atom stereocenters. The SMILES string of the molecule is N[C@@H]1c2ccccc2CC12CCN(c1nc3[nH]nc(C4(c5cccc(OC6CC6)c5)CC4)c3c(=O)[nH]1)CC2. The normalized spacial score (nSPS) is 23.1. The Labute approximate surface area is 220 Å². The highest BCUT2D eigenvalue weighted by Crippen LogP contribution is 2.55. The maximum atomic E-state index is 13.5. The number of aromatic nitrogens is 4. The van der Waals surface area contributed by atoms with Gasteiger partial charge in [-0.1, -0.05) is 36.4 Å². The van der Waals surface area contributed by atoms with Crippen LogP contribution >= 0.6 is 0 Å². The van der Waals surface area contributed by atoms with E-state index in [-0.39, 0.29) is 22.4 Å². The summed E-state index contributed by atoms with van der Waals surface area (Å²) < 4.78 is 6.04. The summed E-state index contributed by atoms with van der Waals surface area (Å²) in [5.74, 6) is 1.51. The second-order valence-electron chi connectivity index (χ2n) is 11.8. The van der Waals surface area contributed by atoms with Gasteiger partial charge in [0, 0.05) is 24.5 Å². The van der Waals surface area contributed by atoms with E-state index < -0.39 is 0 Å². The van der Waals surface area contributed by atoms with Gasteiger partial charge in [-0.15, -0.1) is 0 Å². The lowest BCUT2D eigenvalue weighted by Gasteiger charge is -2.42. The van der Waals surface area contributed by atoms with Crippen LogP contribution in [0.3, 0.4) is 0 Å². The molecule has 0 radical (unpaired) electrons. The summed E-state index contributed by atoms with van der Waals surface area (Å²) in [5, 5.41) is 8.32. The van der Waals surface area contributed by atoms with Crippen LogP contribution in [0.25, 0.3) is 11.0 Å². The molecule has 1 spiro atoms. The number of nitrogens with two attached hydrogens (primary N) is 1.